The van der Waals surface area contributed by atoms with E-state index in [0.717, 1.165) is 5.56 Å². The first kappa shape index (κ1) is 26.0. The van der Waals surface area contributed by atoms with Crippen molar-refractivity contribution >= 4 is 29.2 Å². The third kappa shape index (κ3) is 6.02. The summed E-state index contributed by atoms with van der Waals surface area (Å²) in [5, 5.41) is 39.1. The smallest absolute Gasteiger partial charge is 0.226 e. The molecule has 4 aromatic rings. The van der Waals surface area contributed by atoms with Gasteiger partial charge >= 0.3 is 0 Å². The highest BCUT2D eigenvalue weighted by Crippen LogP contribution is 2.37. The van der Waals surface area contributed by atoms with Crippen molar-refractivity contribution < 1.29 is 19.4 Å². The van der Waals surface area contributed by atoms with Gasteiger partial charge in [0.05, 0.1) is 17.9 Å². The van der Waals surface area contributed by atoms with Crippen molar-refractivity contribution in [3.63, 3.8) is 0 Å². The first-order valence-electron chi connectivity index (χ1n) is 10.9. The molecule has 0 fully saturated rings. The molecular weight excluding hydrogens is 514 g/mol. The molecule has 2 aromatic heterocycles. The molecule has 0 unspecified atom stereocenters. The van der Waals surface area contributed by atoms with Crippen LogP contribution < -0.4 is 10.5 Å². The number of nitrogens with two attached hydrogens (primary N) is 1. The number of pyridine rings is 1. The summed E-state index contributed by atoms with van der Waals surface area (Å²) in [7, 11) is 0. The van der Waals surface area contributed by atoms with Gasteiger partial charge in [-0.1, -0.05) is 35.5 Å². The minimum Gasteiger partial charge on any atom is -0.491 e. The Hall–Kier alpha value is -4.06. The van der Waals surface area contributed by atoms with Crippen molar-refractivity contribution in [1.29, 1.82) is 10.5 Å². The summed E-state index contributed by atoms with van der Waals surface area (Å²) in [6.45, 7) is -0.490. The number of rotatable bonds is 9. The van der Waals surface area contributed by atoms with E-state index in [0.29, 0.717) is 44.3 Å². The molecule has 37 heavy (non-hydrogen) atoms. The lowest BCUT2D eigenvalue weighted by Crippen LogP contribution is -2.21. The largest absolute Gasteiger partial charge is 0.491 e. The number of aromatic nitrogens is 2. The molecule has 186 valence electrons. The van der Waals surface area contributed by atoms with Crippen LogP contribution in [0.25, 0.3) is 22.6 Å². The molecule has 0 saturated carbocycles. The standard InChI is InChI=1S/C26H20ClN5O4S/c27-17-5-1-16(2-6-17)25-31-18(12-36-25)14-37-26-22(10-29)23(21(9-28)24(30)32-26)15-3-7-20(8-4-15)35-13-19(34)11-33/h1-8,12,19,33-34H,11,13-14H2,(H2,30,32)/t19-/m1/s1. The molecule has 0 saturated heterocycles. The summed E-state index contributed by atoms with van der Waals surface area (Å²) < 4.78 is 11.0. The summed E-state index contributed by atoms with van der Waals surface area (Å²) in [5.74, 6) is 1.25. The van der Waals surface area contributed by atoms with Crippen molar-refractivity contribution in [3.8, 4) is 40.5 Å². The molecule has 11 heteroatoms. The number of nitrogens with zero attached hydrogens (tertiary/aromatic N) is 4. The normalized spacial score (nSPS) is 11.5. The molecule has 0 radical (unpaired) electrons. The molecule has 0 bridgehead atoms. The number of anilines is 1. The van der Waals surface area contributed by atoms with Crippen LogP contribution in [0.2, 0.25) is 5.02 Å². The van der Waals surface area contributed by atoms with Crippen LogP contribution in [0.15, 0.2) is 64.2 Å². The van der Waals surface area contributed by atoms with Crippen molar-refractivity contribution in [2.75, 3.05) is 18.9 Å². The third-order valence-corrected chi connectivity index (χ3v) is 6.47. The lowest BCUT2D eigenvalue weighted by atomic mass is 9.97. The van der Waals surface area contributed by atoms with Crippen LogP contribution in [0, 0.1) is 22.7 Å². The Morgan fingerprint density at radius 2 is 1.70 bits per heavy atom. The topological polar surface area (TPSA) is 162 Å². The zero-order valence-electron chi connectivity index (χ0n) is 19.3. The fourth-order valence-corrected chi connectivity index (χ4v) is 4.39. The Balaban J connectivity index is 1.60. The number of aliphatic hydroxyl groups excluding tert-OH is 2. The van der Waals surface area contributed by atoms with Gasteiger partial charge in [-0.15, -0.1) is 0 Å². The fraction of sp³-hybridized carbons (Fsp3) is 0.154. The lowest BCUT2D eigenvalue weighted by Gasteiger charge is -2.14. The van der Waals surface area contributed by atoms with E-state index in [-0.39, 0.29) is 23.6 Å². The molecule has 4 N–H and O–H groups in total. The maximum atomic E-state index is 10.00. The number of benzene rings is 2. The Morgan fingerprint density at radius 1 is 1.03 bits per heavy atom. The first-order valence-corrected chi connectivity index (χ1v) is 12.3. The van der Waals surface area contributed by atoms with Gasteiger partial charge in [0.2, 0.25) is 5.89 Å². The number of halogens is 1. The molecule has 0 aliphatic rings. The summed E-state index contributed by atoms with van der Waals surface area (Å²) in [6, 6.07) is 18.0. The number of hydrogen-bond acceptors (Lipinski definition) is 10. The van der Waals surface area contributed by atoms with E-state index in [4.69, 9.17) is 31.6 Å². The Kier molecular flexibility index (Phi) is 8.29. The predicted octanol–water partition coefficient (Wildman–Crippen LogP) is 4.41. The number of ether oxygens (including phenoxy) is 1. The number of aliphatic hydroxyl groups is 2. The number of nitriles is 2. The number of hydrogen-bond donors (Lipinski definition) is 3. The molecule has 0 spiro atoms. The number of oxazole rings is 1. The van der Waals surface area contributed by atoms with Crippen LogP contribution >= 0.6 is 23.4 Å². The Labute approximate surface area is 221 Å². The summed E-state index contributed by atoms with van der Waals surface area (Å²) in [5.41, 5.74) is 8.76. The molecule has 4 rings (SSSR count). The lowest BCUT2D eigenvalue weighted by molar-refractivity contribution is 0.0536. The molecule has 0 aliphatic carbocycles. The summed E-state index contributed by atoms with van der Waals surface area (Å²) in [4.78, 5) is 8.80. The van der Waals surface area contributed by atoms with E-state index in [2.05, 4.69) is 16.0 Å². The molecule has 0 amide bonds. The van der Waals surface area contributed by atoms with Crippen molar-refractivity contribution in [1.82, 2.24) is 9.97 Å². The SMILES string of the molecule is N#Cc1c(N)nc(SCc2coc(-c3ccc(Cl)cc3)n2)c(C#N)c1-c1ccc(OC[C@H](O)CO)cc1. The van der Waals surface area contributed by atoms with Crippen LogP contribution in [-0.4, -0.2) is 39.5 Å². The quantitative estimate of drug-likeness (QED) is 0.263. The van der Waals surface area contributed by atoms with E-state index < -0.39 is 12.7 Å². The molecule has 2 heterocycles. The maximum Gasteiger partial charge on any atom is 0.226 e. The van der Waals surface area contributed by atoms with Gasteiger partial charge in [0.1, 0.15) is 53.3 Å². The van der Waals surface area contributed by atoms with E-state index in [1.54, 1.807) is 48.5 Å². The second-order valence-corrected chi connectivity index (χ2v) is 9.16. The average Bonchev–Trinajstić information content (AvgIpc) is 3.39. The number of nitrogen functional groups attached to an aromatic ring is 1. The summed E-state index contributed by atoms with van der Waals surface area (Å²) in [6.07, 6.45) is 0.533. The minimum absolute atomic E-state index is 0.00685. The highest BCUT2D eigenvalue weighted by Gasteiger charge is 2.21. The van der Waals surface area contributed by atoms with Gasteiger partial charge in [0.25, 0.3) is 0 Å². The maximum absolute atomic E-state index is 10.00. The van der Waals surface area contributed by atoms with Gasteiger partial charge in [0, 0.05) is 21.9 Å². The average molecular weight is 534 g/mol. The van der Waals surface area contributed by atoms with Gasteiger partial charge < -0.3 is 25.1 Å². The van der Waals surface area contributed by atoms with Crippen molar-refractivity contribution in [3.05, 3.63) is 76.6 Å². The van der Waals surface area contributed by atoms with E-state index in [1.807, 2.05) is 6.07 Å². The Bertz CT molecular complexity index is 1480. The molecule has 9 nitrogen and oxygen atoms in total. The molecule has 2 aromatic carbocycles. The van der Waals surface area contributed by atoms with E-state index >= 15 is 0 Å². The second kappa shape index (κ2) is 11.8. The van der Waals surface area contributed by atoms with Gasteiger partial charge in [-0.25, -0.2) is 9.97 Å². The highest BCUT2D eigenvalue weighted by molar-refractivity contribution is 7.98. The van der Waals surface area contributed by atoms with Gasteiger partial charge in [0.15, 0.2) is 0 Å². The van der Waals surface area contributed by atoms with Crippen molar-refractivity contribution in [2.45, 2.75) is 16.9 Å². The highest BCUT2D eigenvalue weighted by atomic mass is 35.5. The van der Waals surface area contributed by atoms with Crippen LogP contribution in [0.4, 0.5) is 5.82 Å². The zero-order chi connectivity index (χ0) is 26.4. The zero-order valence-corrected chi connectivity index (χ0v) is 20.8. The fourth-order valence-electron chi connectivity index (χ4n) is 3.39. The molecule has 1 atom stereocenters. The minimum atomic E-state index is -0.998. The van der Waals surface area contributed by atoms with Crippen LogP contribution in [0.1, 0.15) is 16.8 Å². The van der Waals surface area contributed by atoms with E-state index in [1.165, 1.54) is 18.0 Å². The summed E-state index contributed by atoms with van der Waals surface area (Å²) >= 11 is 7.19. The van der Waals surface area contributed by atoms with Gasteiger partial charge in [-0.2, -0.15) is 10.5 Å². The third-order valence-electron chi connectivity index (χ3n) is 5.21. The van der Waals surface area contributed by atoms with Crippen LogP contribution in [-0.2, 0) is 5.75 Å². The predicted molar refractivity (Wildman–Crippen MR) is 139 cm³/mol. The molecule has 0 aliphatic heterocycles. The molecular formula is C26H20ClN5O4S. The van der Waals surface area contributed by atoms with Crippen LogP contribution in [0.3, 0.4) is 0 Å². The monoisotopic (exact) mass is 533 g/mol. The van der Waals surface area contributed by atoms with Gasteiger partial charge in [-0.05, 0) is 42.0 Å². The van der Waals surface area contributed by atoms with E-state index in [9.17, 15) is 15.6 Å². The first-order chi connectivity index (χ1) is 17.9. The van der Waals surface area contributed by atoms with Crippen molar-refractivity contribution in [2.24, 2.45) is 0 Å². The second-order valence-electron chi connectivity index (χ2n) is 7.76. The van der Waals surface area contributed by atoms with Gasteiger partial charge in [-0.3, -0.25) is 0 Å². The van der Waals surface area contributed by atoms with Crippen LogP contribution in [0.5, 0.6) is 5.75 Å². The Morgan fingerprint density at radius 3 is 2.35 bits per heavy atom. The number of thioether (sulfide) groups is 1.